The van der Waals surface area contributed by atoms with Crippen molar-refractivity contribution < 1.29 is 31.9 Å². The molecule has 1 aliphatic heterocycles. The lowest BCUT2D eigenvalue weighted by atomic mass is 10.0. The Balaban J connectivity index is 1.38. The molecule has 0 radical (unpaired) electrons. The number of carbonyl (C=O) groups is 2. The van der Waals surface area contributed by atoms with Crippen LogP contribution < -0.4 is 10.2 Å². The monoisotopic (exact) mass is 545 g/mol. The first-order valence-electron chi connectivity index (χ1n) is 12.6. The molecule has 0 saturated carbocycles. The van der Waals surface area contributed by atoms with Crippen LogP contribution in [0.1, 0.15) is 42.9 Å². The number of benzene rings is 1. The third-order valence-electron chi connectivity index (χ3n) is 6.29. The van der Waals surface area contributed by atoms with Gasteiger partial charge >= 0.3 is 12.3 Å². The number of oxazole rings is 1. The molecule has 1 N–H and O–H groups in total. The second-order valence-electron chi connectivity index (χ2n) is 9.72. The maximum absolute atomic E-state index is 13.6. The van der Waals surface area contributed by atoms with Gasteiger partial charge in [-0.1, -0.05) is 32.0 Å². The van der Waals surface area contributed by atoms with Gasteiger partial charge in [-0.3, -0.25) is 4.79 Å². The zero-order chi connectivity index (χ0) is 28.2. The fraction of sp³-hybridized carbons (Fsp3) is 0.407. The number of hydrogen-bond acceptors (Lipinski definition) is 7. The molecule has 3 heterocycles. The Morgan fingerprint density at radius 2 is 1.85 bits per heavy atom. The number of alkyl halides is 3. The number of hydrogen-bond donors (Lipinski definition) is 1. The molecule has 3 aromatic rings. The Morgan fingerprint density at radius 1 is 1.15 bits per heavy atom. The van der Waals surface area contributed by atoms with E-state index < -0.39 is 23.5 Å². The highest BCUT2D eigenvalue weighted by Crippen LogP contribution is 2.35. The van der Waals surface area contributed by atoms with E-state index in [0.717, 1.165) is 12.8 Å². The maximum Gasteiger partial charge on any atom is 0.452 e. The number of piperidine rings is 1. The number of halogens is 3. The van der Waals surface area contributed by atoms with E-state index >= 15 is 0 Å². The predicted molar refractivity (Wildman–Crippen MR) is 138 cm³/mol. The quantitative estimate of drug-likeness (QED) is 0.406. The normalized spacial score (nSPS) is 14.4. The molecule has 12 heteroatoms. The molecule has 0 aliphatic carbocycles. The zero-order valence-corrected chi connectivity index (χ0v) is 21.9. The number of carbonyl (C=O) groups excluding carboxylic acids is 2. The fourth-order valence-corrected chi connectivity index (χ4v) is 4.18. The zero-order valence-electron chi connectivity index (χ0n) is 21.9. The molecule has 4 rings (SSSR count). The van der Waals surface area contributed by atoms with E-state index in [0.29, 0.717) is 31.1 Å². The Labute approximate surface area is 224 Å². The van der Waals surface area contributed by atoms with Crippen molar-refractivity contribution in [2.75, 3.05) is 37.0 Å². The lowest BCUT2D eigenvalue weighted by Crippen LogP contribution is -2.46. The molecule has 39 heavy (non-hydrogen) atoms. The third-order valence-corrected chi connectivity index (χ3v) is 6.29. The minimum absolute atomic E-state index is 0.0468. The summed E-state index contributed by atoms with van der Waals surface area (Å²) in [5.41, 5.74) is -0.331. The number of pyridine rings is 1. The fourth-order valence-electron chi connectivity index (χ4n) is 4.18. The number of rotatable bonds is 7. The molecule has 2 amide bonds. The van der Waals surface area contributed by atoms with E-state index in [4.69, 9.17) is 9.15 Å². The summed E-state index contributed by atoms with van der Waals surface area (Å²) in [5, 5.41) is 2.42. The Bertz CT molecular complexity index is 1270. The lowest BCUT2D eigenvalue weighted by molar-refractivity contribution is -0.153. The first kappa shape index (κ1) is 27.9. The number of amides is 2. The van der Waals surface area contributed by atoms with Crippen molar-refractivity contribution in [3.8, 4) is 11.5 Å². The first-order valence-corrected chi connectivity index (χ1v) is 12.6. The van der Waals surface area contributed by atoms with Crippen LogP contribution in [-0.4, -0.2) is 59.7 Å². The van der Waals surface area contributed by atoms with Crippen molar-refractivity contribution in [2.24, 2.45) is 5.92 Å². The summed E-state index contributed by atoms with van der Waals surface area (Å²) in [6, 6.07) is 11.3. The number of nitrogens with zero attached hydrogens (tertiary/aromatic N) is 4. The average Bonchev–Trinajstić information content (AvgIpc) is 3.39. The van der Waals surface area contributed by atoms with E-state index in [2.05, 4.69) is 15.3 Å². The highest BCUT2D eigenvalue weighted by molar-refractivity contribution is 6.04. The standard InChI is InChI=1S/C27H30F3N5O4/c1-17(2)16-38-26(37)34(3)20-11-13-35(14-12-20)21-10-9-19(15-31-21)32-24(36)22-23(27(28,29)30)39-25(33-22)18-7-5-4-6-8-18/h4-10,15,17,20H,11-14,16H2,1-3H3,(H,32,36). The molecule has 208 valence electrons. The summed E-state index contributed by atoms with van der Waals surface area (Å²) in [5.74, 6) is -1.91. The summed E-state index contributed by atoms with van der Waals surface area (Å²) >= 11 is 0. The van der Waals surface area contributed by atoms with Gasteiger partial charge in [-0.15, -0.1) is 0 Å². The molecule has 2 aromatic heterocycles. The summed E-state index contributed by atoms with van der Waals surface area (Å²) < 4.78 is 50.9. The minimum atomic E-state index is -4.90. The topological polar surface area (TPSA) is 101 Å². The van der Waals surface area contributed by atoms with Gasteiger partial charge in [-0.25, -0.2) is 14.8 Å². The van der Waals surface area contributed by atoms with Crippen LogP contribution in [0.4, 0.5) is 29.5 Å². The summed E-state index contributed by atoms with van der Waals surface area (Å²) in [6.45, 7) is 5.64. The minimum Gasteiger partial charge on any atom is -0.449 e. The summed E-state index contributed by atoms with van der Waals surface area (Å²) in [4.78, 5) is 36.8. The van der Waals surface area contributed by atoms with Crippen molar-refractivity contribution in [1.29, 1.82) is 0 Å². The van der Waals surface area contributed by atoms with Gasteiger partial charge in [0.25, 0.3) is 5.91 Å². The van der Waals surface area contributed by atoms with Crippen LogP contribution >= 0.6 is 0 Å². The molecule has 0 atom stereocenters. The van der Waals surface area contributed by atoms with Crippen molar-refractivity contribution in [1.82, 2.24) is 14.9 Å². The first-order chi connectivity index (χ1) is 18.5. The van der Waals surface area contributed by atoms with Crippen LogP contribution in [0, 0.1) is 5.92 Å². The van der Waals surface area contributed by atoms with Crippen LogP contribution in [0.5, 0.6) is 0 Å². The van der Waals surface area contributed by atoms with Gasteiger partial charge in [0.15, 0.2) is 5.69 Å². The molecule has 0 bridgehead atoms. The second kappa shape index (κ2) is 11.7. The van der Waals surface area contributed by atoms with Gasteiger partial charge < -0.3 is 24.3 Å². The molecule has 1 aromatic carbocycles. The number of anilines is 2. The second-order valence-corrected chi connectivity index (χ2v) is 9.72. The highest BCUT2D eigenvalue weighted by atomic mass is 19.4. The van der Waals surface area contributed by atoms with Gasteiger partial charge in [0.05, 0.1) is 18.5 Å². The van der Waals surface area contributed by atoms with E-state index in [1.54, 1.807) is 42.3 Å². The van der Waals surface area contributed by atoms with Crippen molar-refractivity contribution >= 4 is 23.5 Å². The largest absolute Gasteiger partial charge is 0.452 e. The number of aromatic nitrogens is 2. The summed E-state index contributed by atoms with van der Waals surface area (Å²) in [7, 11) is 1.74. The van der Waals surface area contributed by atoms with Crippen molar-refractivity contribution in [3.05, 3.63) is 60.1 Å². The summed E-state index contributed by atoms with van der Waals surface area (Å²) in [6.07, 6.45) is -2.41. The maximum atomic E-state index is 13.6. The molecular formula is C27H30F3N5O4. The van der Waals surface area contributed by atoms with E-state index in [1.165, 1.54) is 18.3 Å². The van der Waals surface area contributed by atoms with E-state index in [-0.39, 0.29) is 29.6 Å². The lowest BCUT2D eigenvalue weighted by Gasteiger charge is -2.36. The predicted octanol–water partition coefficient (Wildman–Crippen LogP) is 5.70. The number of ether oxygens (including phenoxy) is 1. The number of nitrogens with one attached hydrogen (secondary N) is 1. The average molecular weight is 546 g/mol. The molecule has 1 aliphatic rings. The van der Waals surface area contributed by atoms with Gasteiger partial charge in [-0.05, 0) is 43.0 Å². The SMILES string of the molecule is CC(C)COC(=O)N(C)C1CCN(c2ccc(NC(=O)c3nc(-c4ccccc4)oc3C(F)(F)F)cn2)CC1. The molecule has 0 unspecified atom stereocenters. The Morgan fingerprint density at radius 3 is 2.44 bits per heavy atom. The smallest absolute Gasteiger partial charge is 0.449 e. The van der Waals surface area contributed by atoms with Gasteiger partial charge in [0.2, 0.25) is 11.7 Å². The van der Waals surface area contributed by atoms with E-state index in [1.807, 2.05) is 18.7 Å². The van der Waals surface area contributed by atoms with Crippen molar-refractivity contribution in [3.63, 3.8) is 0 Å². The van der Waals surface area contributed by atoms with Gasteiger partial charge in [0, 0.05) is 31.7 Å². The van der Waals surface area contributed by atoms with Crippen LogP contribution in [0.2, 0.25) is 0 Å². The van der Waals surface area contributed by atoms with Crippen LogP contribution in [-0.2, 0) is 10.9 Å². The molecule has 0 spiro atoms. The Hall–Kier alpha value is -4.09. The highest BCUT2D eigenvalue weighted by Gasteiger charge is 2.42. The molecular weight excluding hydrogens is 515 g/mol. The van der Waals surface area contributed by atoms with Crippen LogP contribution in [0.15, 0.2) is 53.1 Å². The van der Waals surface area contributed by atoms with Crippen LogP contribution in [0.25, 0.3) is 11.5 Å². The van der Waals surface area contributed by atoms with Gasteiger partial charge in [0.1, 0.15) is 5.82 Å². The van der Waals surface area contributed by atoms with Gasteiger partial charge in [-0.2, -0.15) is 13.2 Å². The van der Waals surface area contributed by atoms with E-state index in [9.17, 15) is 22.8 Å². The van der Waals surface area contributed by atoms with Crippen molar-refractivity contribution in [2.45, 2.75) is 38.9 Å². The third kappa shape index (κ3) is 6.87. The Kier molecular flexibility index (Phi) is 8.41. The van der Waals surface area contributed by atoms with Crippen LogP contribution in [0.3, 0.4) is 0 Å². The molecule has 1 saturated heterocycles. The molecule has 1 fully saturated rings. The molecule has 9 nitrogen and oxygen atoms in total.